The van der Waals surface area contributed by atoms with Gasteiger partial charge in [-0.15, -0.1) is 0 Å². The van der Waals surface area contributed by atoms with Crippen molar-refractivity contribution >= 4 is 23.1 Å². The van der Waals surface area contributed by atoms with Crippen LogP contribution < -0.4 is 10.6 Å². The monoisotopic (exact) mass is 346 g/mol. The summed E-state index contributed by atoms with van der Waals surface area (Å²) in [5, 5.41) is 6.25. The molecule has 0 fully saturated rings. The number of nitrogens with zero attached hydrogens (tertiary/aromatic N) is 2. The van der Waals surface area contributed by atoms with Crippen LogP contribution in [-0.4, -0.2) is 15.9 Å². The SMILES string of the molecule is CCc1cccc(CC)c1Nc1ccc(NC(=O)c2cccnc2)cn1. The molecule has 0 aliphatic carbocycles. The Morgan fingerprint density at radius 2 is 1.73 bits per heavy atom. The molecule has 2 heterocycles. The van der Waals surface area contributed by atoms with Crippen LogP contribution in [0.1, 0.15) is 35.3 Å². The van der Waals surface area contributed by atoms with Gasteiger partial charge in [0.15, 0.2) is 0 Å². The zero-order valence-corrected chi connectivity index (χ0v) is 15.0. The molecule has 1 amide bonds. The summed E-state index contributed by atoms with van der Waals surface area (Å²) in [6.45, 7) is 4.29. The van der Waals surface area contributed by atoms with Crippen molar-refractivity contribution in [3.8, 4) is 0 Å². The first-order chi connectivity index (χ1) is 12.7. The third kappa shape index (κ3) is 4.06. The molecule has 0 radical (unpaired) electrons. The van der Waals surface area contributed by atoms with Gasteiger partial charge in [0.05, 0.1) is 17.4 Å². The molecule has 3 aromatic rings. The van der Waals surface area contributed by atoms with Crippen molar-refractivity contribution in [1.29, 1.82) is 0 Å². The molecule has 5 heteroatoms. The Morgan fingerprint density at radius 1 is 0.962 bits per heavy atom. The minimum atomic E-state index is -0.204. The highest BCUT2D eigenvalue weighted by Gasteiger charge is 2.09. The van der Waals surface area contributed by atoms with Gasteiger partial charge in [0, 0.05) is 18.1 Å². The van der Waals surface area contributed by atoms with Gasteiger partial charge in [-0.2, -0.15) is 0 Å². The molecular weight excluding hydrogens is 324 g/mol. The van der Waals surface area contributed by atoms with E-state index in [9.17, 15) is 4.79 Å². The molecule has 5 nitrogen and oxygen atoms in total. The molecule has 1 aromatic carbocycles. The molecule has 0 aliphatic rings. The molecule has 26 heavy (non-hydrogen) atoms. The lowest BCUT2D eigenvalue weighted by Gasteiger charge is -2.15. The first-order valence-electron chi connectivity index (χ1n) is 8.76. The number of para-hydroxylation sites is 1. The fourth-order valence-electron chi connectivity index (χ4n) is 2.77. The number of nitrogens with one attached hydrogen (secondary N) is 2. The standard InChI is InChI=1S/C21H22N4O/c1-3-15-7-5-8-16(4-2)20(15)25-19-11-10-18(14-23-19)24-21(26)17-9-6-12-22-13-17/h5-14H,3-4H2,1-2H3,(H,23,25)(H,24,26). The highest BCUT2D eigenvalue weighted by Crippen LogP contribution is 2.26. The topological polar surface area (TPSA) is 66.9 Å². The van der Waals surface area contributed by atoms with Gasteiger partial charge < -0.3 is 10.6 Å². The van der Waals surface area contributed by atoms with E-state index < -0.39 is 0 Å². The van der Waals surface area contributed by atoms with Gasteiger partial charge >= 0.3 is 0 Å². The summed E-state index contributed by atoms with van der Waals surface area (Å²) in [6.07, 6.45) is 6.73. The maximum atomic E-state index is 12.2. The minimum Gasteiger partial charge on any atom is -0.340 e. The van der Waals surface area contributed by atoms with Crippen LogP contribution in [0.15, 0.2) is 61.1 Å². The number of anilines is 3. The molecule has 2 aromatic heterocycles. The number of rotatable bonds is 6. The van der Waals surface area contributed by atoms with Crippen LogP contribution in [0, 0.1) is 0 Å². The first-order valence-corrected chi connectivity index (χ1v) is 8.76. The lowest BCUT2D eigenvalue weighted by atomic mass is 10.0. The fourth-order valence-corrected chi connectivity index (χ4v) is 2.77. The van der Waals surface area contributed by atoms with Crippen molar-refractivity contribution in [3.63, 3.8) is 0 Å². The highest BCUT2D eigenvalue weighted by molar-refractivity contribution is 6.03. The molecule has 0 aliphatic heterocycles. The van der Waals surface area contributed by atoms with Crippen LogP contribution in [0.4, 0.5) is 17.2 Å². The molecule has 0 atom stereocenters. The summed E-state index contributed by atoms with van der Waals surface area (Å²) in [7, 11) is 0. The third-order valence-electron chi connectivity index (χ3n) is 4.20. The van der Waals surface area contributed by atoms with Gasteiger partial charge in [-0.3, -0.25) is 9.78 Å². The van der Waals surface area contributed by atoms with E-state index >= 15 is 0 Å². The van der Waals surface area contributed by atoms with E-state index in [0.717, 1.165) is 24.3 Å². The average molecular weight is 346 g/mol. The van der Waals surface area contributed by atoms with Gasteiger partial charge in [0.2, 0.25) is 0 Å². The normalized spacial score (nSPS) is 10.4. The summed E-state index contributed by atoms with van der Waals surface area (Å²) in [4.78, 5) is 20.5. The van der Waals surface area contributed by atoms with Crippen molar-refractivity contribution in [3.05, 3.63) is 77.7 Å². The second-order valence-electron chi connectivity index (χ2n) is 5.91. The zero-order valence-electron chi connectivity index (χ0n) is 15.0. The van der Waals surface area contributed by atoms with Gasteiger partial charge in [-0.05, 0) is 48.2 Å². The smallest absolute Gasteiger partial charge is 0.257 e. The Morgan fingerprint density at radius 3 is 2.31 bits per heavy atom. The van der Waals surface area contributed by atoms with Gasteiger partial charge in [-0.25, -0.2) is 4.98 Å². The lowest BCUT2D eigenvalue weighted by molar-refractivity contribution is 0.102. The number of aromatic nitrogens is 2. The number of aryl methyl sites for hydroxylation is 2. The van der Waals surface area contributed by atoms with Crippen molar-refractivity contribution in [1.82, 2.24) is 9.97 Å². The number of hydrogen-bond acceptors (Lipinski definition) is 4. The molecular formula is C21H22N4O. The van der Waals surface area contributed by atoms with E-state index in [1.54, 1.807) is 24.5 Å². The predicted molar refractivity (Wildman–Crippen MR) is 105 cm³/mol. The molecule has 0 bridgehead atoms. The Hall–Kier alpha value is -3.21. The third-order valence-corrected chi connectivity index (χ3v) is 4.20. The van der Waals surface area contributed by atoms with E-state index in [2.05, 4.69) is 52.6 Å². The van der Waals surface area contributed by atoms with Crippen molar-refractivity contribution in [2.24, 2.45) is 0 Å². The van der Waals surface area contributed by atoms with Crippen LogP contribution >= 0.6 is 0 Å². The maximum absolute atomic E-state index is 12.2. The average Bonchev–Trinajstić information content (AvgIpc) is 2.70. The number of carbonyl (C=O) groups is 1. The maximum Gasteiger partial charge on any atom is 0.257 e. The van der Waals surface area contributed by atoms with Crippen LogP contribution in [0.3, 0.4) is 0 Å². The summed E-state index contributed by atoms with van der Waals surface area (Å²) >= 11 is 0. The van der Waals surface area contributed by atoms with E-state index in [1.807, 2.05) is 12.1 Å². The van der Waals surface area contributed by atoms with E-state index in [4.69, 9.17) is 0 Å². The molecule has 3 rings (SSSR count). The number of amides is 1. The van der Waals surface area contributed by atoms with Crippen LogP contribution in [-0.2, 0) is 12.8 Å². The lowest BCUT2D eigenvalue weighted by Crippen LogP contribution is -2.12. The van der Waals surface area contributed by atoms with Gasteiger partial charge in [0.25, 0.3) is 5.91 Å². The largest absolute Gasteiger partial charge is 0.340 e. The van der Waals surface area contributed by atoms with Gasteiger partial charge in [0.1, 0.15) is 5.82 Å². The fraction of sp³-hybridized carbons (Fsp3) is 0.190. The van der Waals surface area contributed by atoms with E-state index in [0.29, 0.717) is 11.3 Å². The quantitative estimate of drug-likeness (QED) is 0.685. The number of pyridine rings is 2. The Labute approximate surface area is 153 Å². The summed E-state index contributed by atoms with van der Waals surface area (Å²) in [5.74, 6) is 0.546. The van der Waals surface area contributed by atoms with Crippen LogP contribution in [0.2, 0.25) is 0 Å². The van der Waals surface area contributed by atoms with Crippen LogP contribution in [0.25, 0.3) is 0 Å². The van der Waals surface area contributed by atoms with Crippen molar-refractivity contribution in [2.75, 3.05) is 10.6 Å². The first kappa shape index (κ1) is 17.6. The molecule has 132 valence electrons. The highest BCUT2D eigenvalue weighted by atomic mass is 16.1. The van der Waals surface area contributed by atoms with E-state index in [-0.39, 0.29) is 5.91 Å². The molecule has 0 saturated heterocycles. The van der Waals surface area contributed by atoms with E-state index in [1.165, 1.54) is 17.3 Å². The second-order valence-corrected chi connectivity index (χ2v) is 5.91. The predicted octanol–water partition coefficient (Wildman–Crippen LogP) is 4.60. The zero-order chi connectivity index (χ0) is 18.4. The molecule has 0 spiro atoms. The summed E-state index contributed by atoms with van der Waals surface area (Å²) in [6, 6.07) is 13.5. The van der Waals surface area contributed by atoms with Gasteiger partial charge in [-0.1, -0.05) is 32.0 Å². The number of benzene rings is 1. The Bertz CT molecular complexity index is 854. The Balaban J connectivity index is 1.74. The molecule has 0 saturated carbocycles. The van der Waals surface area contributed by atoms with Crippen molar-refractivity contribution in [2.45, 2.75) is 26.7 Å². The Kier molecular flexibility index (Phi) is 5.59. The second kappa shape index (κ2) is 8.25. The molecule has 2 N–H and O–H groups in total. The number of carbonyl (C=O) groups excluding carboxylic acids is 1. The van der Waals surface area contributed by atoms with Crippen LogP contribution in [0.5, 0.6) is 0 Å². The number of hydrogen-bond donors (Lipinski definition) is 2. The molecule has 0 unspecified atom stereocenters. The van der Waals surface area contributed by atoms with Crippen molar-refractivity contribution < 1.29 is 4.79 Å². The summed E-state index contributed by atoms with van der Waals surface area (Å²) in [5.41, 5.74) is 4.81. The minimum absolute atomic E-state index is 0.204. The summed E-state index contributed by atoms with van der Waals surface area (Å²) < 4.78 is 0.